The summed E-state index contributed by atoms with van der Waals surface area (Å²) in [5.74, 6) is -0.653. The van der Waals surface area contributed by atoms with Gasteiger partial charge in [0.05, 0.1) is 17.6 Å². The largest absolute Gasteiger partial charge is 0.277 e. The van der Waals surface area contributed by atoms with Crippen LogP contribution in [0.1, 0.15) is 5.69 Å². The Kier molecular flexibility index (Phi) is 3.64. The Bertz CT molecular complexity index is 728. The fourth-order valence-corrected chi connectivity index (χ4v) is 3.12. The number of sulfonamides is 1. The lowest BCUT2D eigenvalue weighted by Gasteiger charge is -2.08. The van der Waals surface area contributed by atoms with E-state index in [1.807, 2.05) is 0 Å². The number of benzene rings is 1. The van der Waals surface area contributed by atoms with Crippen molar-refractivity contribution in [2.75, 3.05) is 4.72 Å². The summed E-state index contributed by atoms with van der Waals surface area (Å²) in [5, 5.41) is 3.86. The van der Waals surface area contributed by atoms with Gasteiger partial charge in [0, 0.05) is 11.5 Å². The van der Waals surface area contributed by atoms with Gasteiger partial charge in [-0.1, -0.05) is 15.9 Å². The van der Waals surface area contributed by atoms with Gasteiger partial charge in [0.15, 0.2) is 0 Å². The minimum atomic E-state index is -3.85. The van der Waals surface area contributed by atoms with Crippen molar-refractivity contribution in [3.8, 4) is 0 Å². The first kappa shape index (κ1) is 14.0. The highest BCUT2D eigenvalue weighted by Crippen LogP contribution is 2.23. The molecule has 0 aliphatic heterocycles. The highest BCUT2D eigenvalue weighted by Gasteiger charge is 2.21. The van der Waals surface area contributed by atoms with Crippen molar-refractivity contribution < 1.29 is 12.8 Å². The summed E-state index contributed by atoms with van der Waals surface area (Å²) >= 11 is 3.11. The summed E-state index contributed by atoms with van der Waals surface area (Å²) in [6.45, 7) is 1.62. The minimum absolute atomic E-state index is 0.0253. The van der Waals surface area contributed by atoms with E-state index in [4.69, 9.17) is 0 Å². The number of hydrogen-bond acceptors (Lipinski definition) is 3. The summed E-state index contributed by atoms with van der Waals surface area (Å²) in [6, 6.07) is 4.09. The molecule has 1 aromatic heterocycles. The van der Waals surface area contributed by atoms with E-state index in [0.29, 0.717) is 10.2 Å². The quantitative estimate of drug-likeness (QED) is 0.927. The van der Waals surface area contributed by atoms with E-state index in [1.54, 1.807) is 20.0 Å². The van der Waals surface area contributed by atoms with E-state index in [2.05, 4.69) is 25.8 Å². The fourth-order valence-electron chi connectivity index (χ4n) is 1.51. The maximum absolute atomic E-state index is 13.6. The smallest absolute Gasteiger partial charge is 0.265 e. The average Bonchev–Trinajstić information content (AvgIpc) is 2.64. The minimum Gasteiger partial charge on any atom is -0.277 e. The number of anilines is 1. The molecule has 0 fully saturated rings. The Balaban J connectivity index is 2.39. The molecule has 2 rings (SSSR count). The molecule has 0 saturated carbocycles. The van der Waals surface area contributed by atoms with Crippen molar-refractivity contribution in [2.45, 2.75) is 11.8 Å². The molecule has 1 aromatic carbocycles. The zero-order valence-corrected chi connectivity index (χ0v) is 12.6. The molecular weight excluding hydrogens is 337 g/mol. The molecule has 0 saturated heterocycles. The Labute approximate surface area is 118 Å². The monoisotopic (exact) mass is 347 g/mol. The third kappa shape index (κ3) is 2.79. The fraction of sp³-hybridized carbons (Fsp3) is 0.182. The van der Waals surface area contributed by atoms with Gasteiger partial charge in [-0.05, 0) is 25.1 Å². The third-order valence-corrected chi connectivity index (χ3v) is 4.62. The van der Waals surface area contributed by atoms with Gasteiger partial charge in [-0.3, -0.25) is 9.40 Å². The topological polar surface area (TPSA) is 64.0 Å². The first-order valence-electron chi connectivity index (χ1n) is 5.28. The van der Waals surface area contributed by atoms with Gasteiger partial charge >= 0.3 is 0 Å². The van der Waals surface area contributed by atoms with Gasteiger partial charge in [0.2, 0.25) is 0 Å². The van der Waals surface area contributed by atoms with Gasteiger partial charge in [-0.25, -0.2) is 12.8 Å². The van der Waals surface area contributed by atoms with Crippen molar-refractivity contribution >= 4 is 31.6 Å². The molecular formula is C11H11BrFN3O2S. The molecule has 0 bridgehead atoms. The zero-order chi connectivity index (χ0) is 14.2. The van der Waals surface area contributed by atoms with Crippen molar-refractivity contribution in [2.24, 2.45) is 7.05 Å². The Morgan fingerprint density at radius 2 is 2.11 bits per heavy atom. The summed E-state index contributed by atoms with van der Waals surface area (Å²) in [7, 11) is -2.21. The number of rotatable bonds is 3. The molecule has 0 radical (unpaired) electrons. The molecule has 2 aromatic rings. The predicted molar refractivity (Wildman–Crippen MR) is 72.9 cm³/mol. The van der Waals surface area contributed by atoms with Crippen LogP contribution in [0.5, 0.6) is 0 Å². The molecule has 19 heavy (non-hydrogen) atoms. The van der Waals surface area contributed by atoms with Crippen LogP contribution in [0.3, 0.4) is 0 Å². The summed E-state index contributed by atoms with van der Waals surface area (Å²) in [4.78, 5) is 0.0253. The third-order valence-electron chi connectivity index (χ3n) is 2.66. The van der Waals surface area contributed by atoms with Gasteiger partial charge in [-0.15, -0.1) is 0 Å². The normalized spacial score (nSPS) is 11.6. The van der Waals surface area contributed by atoms with Crippen LogP contribution in [0.4, 0.5) is 10.1 Å². The van der Waals surface area contributed by atoms with Crippen molar-refractivity contribution in [1.29, 1.82) is 0 Å². The zero-order valence-electron chi connectivity index (χ0n) is 10.2. The highest BCUT2D eigenvalue weighted by atomic mass is 79.9. The van der Waals surface area contributed by atoms with Crippen molar-refractivity contribution in [3.05, 3.63) is 40.4 Å². The molecule has 0 aliphatic rings. The first-order valence-corrected chi connectivity index (χ1v) is 7.55. The van der Waals surface area contributed by atoms with Gasteiger partial charge in [0.25, 0.3) is 10.0 Å². The lowest BCUT2D eigenvalue weighted by molar-refractivity contribution is 0.597. The SMILES string of the molecule is Cc1c(S(=O)(=O)Nc2ccc(Br)cc2F)cnn1C. The second kappa shape index (κ2) is 4.93. The molecule has 0 spiro atoms. The summed E-state index contributed by atoms with van der Waals surface area (Å²) in [6.07, 6.45) is 1.23. The molecule has 8 heteroatoms. The average molecular weight is 348 g/mol. The maximum atomic E-state index is 13.6. The van der Waals surface area contributed by atoms with Crippen LogP contribution < -0.4 is 4.72 Å². The second-order valence-electron chi connectivity index (χ2n) is 3.95. The number of aryl methyl sites for hydroxylation is 1. The van der Waals surface area contributed by atoms with Crippen LogP contribution in [-0.2, 0) is 17.1 Å². The standard InChI is InChI=1S/C11H11BrFN3O2S/c1-7-11(6-14-16(7)2)19(17,18)15-10-4-3-8(12)5-9(10)13/h3-6,15H,1-2H3. The van der Waals surface area contributed by atoms with E-state index < -0.39 is 15.8 Å². The van der Waals surface area contributed by atoms with E-state index >= 15 is 0 Å². The van der Waals surface area contributed by atoms with E-state index in [0.717, 1.165) is 0 Å². The van der Waals surface area contributed by atoms with Gasteiger partial charge in [-0.2, -0.15) is 5.10 Å². The van der Waals surface area contributed by atoms with Crippen LogP contribution >= 0.6 is 15.9 Å². The van der Waals surface area contributed by atoms with E-state index in [9.17, 15) is 12.8 Å². The molecule has 0 atom stereocenters. The Morgan fingerprint density at radius 3 is 2.63 bits per heavy atom. The molecule has 0 unspecified atom stereocenters. The lowest BCUT2D eigenvalue weighted by Crippen LogP contribution is -2.14. The Hall–Kier alpha value is -1.41. The van der Waals surface area contributed by atoms with E-state index in [1.165, 1.54) is 23.0 Å². The lowest BCUT2D eigenvalue weighted by atomic mass is 10.3. The van der Waals surface area contributed by atoms with Crippen LogP contribution in [0.2, 0.25) is 0 Å². The van der Waals surface area contributed by atoms with Crippen LogP contribution in [0.15, 0.2) is 33.8 Å². The molecule has 0 aliphatic carbocycles. The van der Waals surface area contributed by atoms with E-state index in [-0.39, 0.29) is 10.6 Å². The number of halogens is 2. The Morgan fingerprint density at radius 1 is 1.42 bits per heavy atom. The van der Waals surface area contributed by atoms with Crippen molar-refractivity contribution in [1.82, 2.24) is 9.78 Å². The molecule has 1 N–H and O–H groups in total. The van der Waals surface area contributed by atoms with Crippen molar-refractivity contribution in [3.63, 3.8) is 0 Å². The molecule has 1 heterocycles. The van der Waals surface area contributed by atoms with Crippen LogP contribution in [0, 0.1) is 12.7 Å². The van der Waals surface area contributed by atoms with Crippen LogP contribution in [0.25, 0.3) is 0 Å². The number of nitrogens with one attached hydrogen (secondary N) is 1. The van der Waals surface area contributed by atoms with Gasteiger partial charge < -0.3 is 0 Å². The molecule has 5 nitrogen and oxygen atoms in total. The molecule has 102 valence electrons. The predicted octanol–water partition coefficient (Wildman–Crippen LogP) is 2.43. The second-order valence-corrected chi connectivity index (χ2v) is 6.51. The number of nitrogens with zero attached hydrogens (tertiary/aromatic N) is 2. The first-order chi connectivity index (χ1) is 8.81. The number of aromatic nitrogens is 2. The van der Waals surface area contributed by atoms with Gasteiger partial charge in [0.1, 0.15) is 10.7 Å². The molecule has 0 amide bonds. The number of hydrogen-bond donors (Lipinski definition) is 1. The maximum Gasteiger partial charge on any atom is 0.265 e. The summed E-state index contributed by atoms with van der Waals surface area (Å²) < 4.78 is 42.1. The highest BCUT2D eigenvalue weighted by molar-refractivity contribution is 9.10. The summed E-state index contributed by atoms with van der Waals surface area (Å²) in [5.41, 5.74) is 0.372. The van der Waals surface area contributed by atoms with Crippen LogP contribution in [-0.4, -0.2) is 18.2 Å².